The van der Waals surface area contributed by atoms with E-state index in [4.69, 9.17) is 9.15 Å². The lowest BCUT2D eigenvalue weighted by Crippen LogP contribution is -2.31. The predicted molar refractivity (Wildman–Crippen MR) is 79.4 cm³/mol. The summed E-state index contributed by atoms with van der Waals surface area (Å²) in [5, 5.41) is 14.1. The first-order valence-corrected chi connectivity index (χ1v) is 6.91. The molecule has 1 aromatic carbocycles. The van der Waals surface area contributed by atoms with Gasteiger partial charge in [-0.2, -0.15) is 4.98 Å². The fourth-order valence-corrected chi connectivity index (χ4v) is 1.95. The van der Waals surface area contributed by atoms with Crippen LogP contribution in [0.1, 0.15) is 20.8 Å². The number of aromatic nitrogens is 1. The van der Waals surface area contributed by atoms with Crippen molar-refractivity contribution in [1.29, 1.82) is 0 Å². The quantitative estimate of drug-likeness (QED) is 0.622. The lowest BCUT2D eigenvalue weighted by atomic mass is 10.1. The molecule has 2 aromatic rings. The third kappa shape index (κ3) is 3.49. The number of rotatable bonds is 7. The Morgan fingerprint density at radius 3 is 2.86 bits per heavy atom. The molecule has 0 saturated carbocycles. The van der Waals surface area contributed by atoms with E-state index in [0.29, 0.717) is 24.7 Å². The van der Waals surface area contributed by atoms with Crippen molar-refractivity contribution in [2.75, 3.05) is 18.5 Å². The minimum absolute atomic E-state index is 0.0251. The Bertz CT molecular complexity index is 624. The minimum atomic E-state index is -0.464. The summed E-state index contributed by atoms with van der Waals surface area (Å²) in [6.45, 7) is 7.20. The zero-order valence-corrected chi connectivity index (χ0v) is 12.3. The fourth-order valence-electron chi connectivity index (χ4n) is 1.95. The van der Waals surface area contributed by atoms with E-state index in [1.807, 2.05) is 6.92 Å². The van der Waals surface area contributed by atoms with Crippen molar-refractivity contribution in [3.63, 3.8) is 0 Å². The molecule has 0 spiro atoms. The summed E-state index contributed by atoms with van der Waals surface area (Å²) in [5.41, 5.74) is 0.588. The Kier molecular flexibility index (Phi) is 4.74. The highest BCUT2D eigenvalue weighted by molar-refractivity contribution is 5.84. The molecule has 7 nitrogen and oxygen atoms in total. The molecule has 2 rings (SSSR count). The highest BCUT2D eigenvalue weighted by atomic mass is 16.6. The van der Waals surface area contributed by atoms with E-state index < -0.39 is 4.92 Å². The van der Waals surface area contributed by atoms with Crippen LogP contribution in [0.2, 0.25) is 0 Å². The van der Waals surface area contributed by atoms with Crippen molar-refractivity contribution in [3.05, 3.63) is 28.3 Å². The van der Waals surface area contributed by atoms with Crippen LogP contribution in [0.3, 0.4) is 0 Å². The number of non-ortho nitro benzene ring substituents is 1. The van der Waals surface area contributed by atoms with Crippen LogP contribution in [0.25, 0.3) is 11.1 Å². The number of fused-ring (bicyclic) bond motifs is 1. The van der Waals surface area contributed by atoms with E-state index >= 15 is 0 Å². The van der Waals surface area contributed by atoms with Gasteiger partial charge in [0.2, 0.25) is 0 Å². The van der Waals surface area contributed by atoms with E-state index in [1.54, 1.807) is 12.1 Å². The predicted octanol–water partition coefficient (Wildman–Crippen LogP) is 3.21. The largest absolute Gasteiger partial charge is 0.423 e. The number of nitro groups is 1. The molecule has 1 heterocycles. The second-order valence-corrected chi connectivity index (χ2v) is 5.05. The van der Waals surface area contributed by atoms with Gasteiger partial charge in [-0.25, -0.2) is 0 Å². The Labute approximate surface area is 122 Å². The van der Waals surface area contributed by atoms with Gasteiger partial charge in [0.1, 0.15) is 0 Å². The molecule has 0 saturated heterocycles. The molecule has 0 fully saturated rings. The maximum Gasteiger partial charge on any atom is 0.298 e. The Morgan fingerprint density at radius 1 is 1.48 bits per heavy atom. The molecule has 0 aliphatic heterocycles. The zero-order chi connectivity index (χ0) is 15.4. The Balaban J connectivity index is 2.26. The van der Waals surface area contributed by atoms with Crippen molar-refractivity contribution in [1.82, 2.24) is 4.98 Å². The normalized spacial score (nSPS) is 12.8. The van der Waals surface area contributed by atoms with Crippen LogP contribution in [-0.4, -0.2) is 29.2 Å². The summed E-state index contributed by atoms with van der Waals surface area (Å²) in [6.07, 6.45) is 0. The average Bonchev–Trinajstić information content (AvgIpc) is 2.84. The monoisotopic (exact) mass is 293 g/mol. The van der Waals surface area contributed by atoms with E-state index in [9.17, 15) is 10.1 Å². The first-order chi connectivity index (χ1) is 10.0. The molecule has 21 heavy (non-hydrogen) atoms. The molecule has 0 amide bonds. The molecule has 0 aliphatic rings. The van der Waals surface area contributed by atoms with Crippen molar-refractivity contribution in [3.8, 4) is 0 Å². The number of hydrogen-bond acceptors (Lipinski definition) is 6. The number of nitrogens with zero attached hydrogens (tertiary/aromatic N) is 2. The summed E-state index contributed by atoms with van der Waals surface area (Å²) in [4.78, 5) is 14.7. The van der Waals surface area contributed by atoms with Crippen molar-refractivity contribution >= 4 is 22.8 Å². The van der Waals surface area contributed by atoms with Crippen LogP contribution in [0.4, 0.5) is 11.7 Å². The van der Waals surface area contributed by atoms with Crippen LogP contribution in [0.5, 0.6) is 0 Å². The maximum atomic E-state index is 11.0. The maximum absolute atomic E-state index is 11.0. The second kappa shape index (κ2) is 6.53. The fraction of sp³-hybridized carbons (Fsp3) is 0.500. The Hall–Kier alpha value is -2.15. The zero-order valence-electron chi connectivity index (χ0n) is 12.3. The van der Waals surface area contributed by atoms with Crippen LogP contribution < -0.4 is 5.32 Å². The summed E-state index contributed by atoms with van der Waals surface area (Å²) >= 11 is 0. The number of nitro benzene ring substituents is 1. The topological polar surface area (TPSA) is 90.4 Å². The summed E-state index contributed by atoms with van der Waals surface area (Å²) in [6, 6.07) is 4.95. The van der Waals surface area contributed by atoms with E-state index in [-0.39, 0.29) is 23.3 Å². The van der Waals surface area contributed by atoms with Crippen LogP contribution in [0, 0.1) is 16.0 Å². The van der Waals surface area contributed by atoms with E-state index in [2.05, 4.69) is 24.1 Å². The van der Waals surface area contributed by atoms with Crippen LogP contribution in [-0.2, 0) is 4.74 Å². The van der Waals surface area contributed by atoms with E-state index in [1.165, 1.54) is 6.07 Å². The Morgan fingerprint density at radius 2 is 2.24 bits per heavy atom. The molecule has 1 N–H and O–H groups in total. The summed E-state index contributed by atoms with van der Waals surface area (Å²) < 4.78 is 11.0. The number of hydrogen-bond donors (Lipinski definition) is 1. The molecule has 1 aromatic heterocycles. The van der Waals surface area contributed by atoms with Gasteiger partial charge in [-0.1, -0.05) is 19.9 Å². The first-order valence-electron chi connectivity index (χ1n) is 6.91. The van der Waals surface area contributed by atoms with Gasteiger partial charge in [-0.15, -0.1) is 0 Å². The standard InChI is InChI=1S/C14H19N3O4/c1-4-20-8-10(9(2)3)15-14-16-13-11(17(18)19)6-5-7-12(13)21-14/h5-7,9-10H,4,8H2,1-3H3,(H,15,16). The van der Waals surface area contributed by atoms with Crippen LogP contribution in [0.15, 0.2) is 22.6 Å². The number of para-hydroxylation sites is 1. The van der Waals surface area contributed by atoms with Gasteiger partial charge in [-0.05, 0) is 18.9 Å². The van der Waals surface area contributed by atoms with Crippen LogP contribution >= 0.6 is 0 Å². The molecular weight excluding hydrogens is 274 g/mol. The third-order valence-electron chi connectivity index (χ3n) is 3.21. The first kappa shape index (κ1) is 15.2. The summed E-state index contributed by atoms with van der Waals surface area (Å²) in [5.74, 6) is 0.307. The van der Waals surface area contributed by atoms with E-state index in [0.717, 1.165) is 0 Å². The van der Waals surface area contributed by atoms with Gasteiger partial charge in [-0.3, -0.25) is 10.1 Å². The molecule has 0 aliphatic carbocycles. The highest BCUT2D eigenvalue weighted by Crippen LogP contribution is 2.27. The molecule has 0 radical (unpaired) electrons. The minimum Gasteiger partial charge on any atom is -0.423 e. The van der Waals surface area contributed by atoms with Gasteiger partial charge in [0.15, 0.2) is 11.1 Å². The molecule has 1 atom stereocenters. The molecule has 0 bridgehead atoms. The average molecular weight is 293 g/mol. The van der Waals surface area contributed by atoms with Crippen molar-refractivity contribution < 1.29 is 14.1 Å². The smallest absolute Gasteiger partial charge is 0.298 e. The number of ether oxygens (including phenoxy) is 1. The summed E-state index contributed by atoms with van der Waals surface area (Å²) in [7, 11) is 0. The number of nitrogens with one attached hydrogen (secondary N) is 1. The lowest BCUT2D eigenvalue weighted by molar-refractivity contribution is -0.383. The molecular formula is C14H19N3O4. The SMILES string of the molecule is CCOCC(Nc1nc2c([N+](=O)[O-])cccc2o1)C(C)C. The van der Waals surface area contributed by atoms with Gasteiger partial charge in [0, 0.05) is 12.7 Å². The van der Waals surface area contributed by atoms with Gasteiger partial charge in [0.05, 0.1) is 17.6 Å². The molecule has 1 unspecified atom stereocenters. The third-order valence-corrected chi connectivity index (χ3v) is 3.21. The highest BCUT2D eigenvalue weighted by Gasteiger charge is 2.20. The number of benzene rings is 1. The van der Waals surface area contributed by atoms with Gasteiger partial charge >= 0.3 is 0 Å². The lowest BCUT2D eigenvalue weighted by Gasteiger charge is -2.20. The van der Waals surface area contributed by atoms with Gasteiger partial charge < -0.3 is 14.5 Å². The number of oxazole rings is 1. The number of anilines is 1. The van der Waals surface area contributed by atoms with Gasteiger partial charge in [0.25, 0.3) is 11.7 Å². The molecule has 114 valence electrons. The van der Waals surface area contributed by atoms with Crippen molar-refractivity contribution in [2.45, 2.75) is 26.8 Å². The molecule has 7 heteroatoms. The van der Waals surface area contributed by atoms with Crippen molar-refractivity contribution in [2.24, 2.45) is 5.92 Å². The second-order valence-electron chi connectivity index (χ2n) is 5.05.